The van der Waals surface area contributed by atoms with E-state index in [4.69, 9.17) is 4.42 Å². The summed E-state index contributed by atoms with van der Waals surface area (Å²) in [5, 5.41) is 5.14. The lowest BCUT2D eigenvalue weighted by atomic mass is 10.2. The van der Waals surface area contributed by atoms with Crippen LogP contribution < -0.4 is 5.43 Å². The van der Waals surface area contributed by atoms with Crippen molar-refractivity contribution in [3.8, 4) is 5.69 Å². The SMILES string of the molecule is Cc1cc(/C=N\NC(=O)c2ccco2)c(C)n1-c1ccc2ncccc2c1. The number of nitrogens with zero attached hydrogens (tertiary/aromatic N) is 3. The summed E-state index contributed by atoms with van der Waals surface area (Å²) >= 11 is 0. The normalized spacial score (nSPS) is 11.3. The van der Waals surface area contributed by atoms with Gasteiger partial charge in [-0.25, -0.2) is 5.43 Å². The molecule has 134 valence electrons. The number of aryl methyl sites for hydroxylation is 1. The zero-order chi connectivity index (χ0) is 18.8. The van der Waals surface area contributed by atoms with E-state index in [0.717, 1.165) is 33.5 Å². The number of carbonyl (C=O) groups excluding carboxylic acids is 1. The summed E-state index contributed by atoms with van der Waals surface area (Å²) in [6, 6.07) is 15.4. The lowest BCUT2D eigenvalue weighted by molar-refractivity contribution is 0.0927. The van der Waals surface area contributed by atoms with Crippen molar-refractivity contribution in [2.75, 3.05) is 0 Å². The second-order valence-corrected chi connectivity index (χ2v) is 6.22. The molecule has 4 rings (SSSR count). The van der Waals surface area contributed by atoms with Crippen molar-refractivity contribution in [2.24, 2.45) is 5.10 Å². The molecule has 4 aromatic rings. The number of hydrogen-bond acceptors (Lipinski definition) is 4. The number of carbonyl (C=O) groups is 1. The van der Waals surface area contributed by atoms with Gasteiger partial charge < -0.3 is 8.98 Å². The summed E-state index contributed by atoms with van der Waals surface area (Å²) < 4.78 is 7.20. The van der Waals surface area contributed by atoms with Crippen molar-refractivity contribution in [1.29, 1.82) is 0 Å². The molecule has 0 fully saturated rings. The largest absolute Gasteiger partial charge is 0.459 e. The highest BCUT2D eigenvalue weighted by Crippen LogP contribution is 2.22. The van der Waals surface area contributed by atoms with Crippen molar-refractivity contribution in [3.05, 3.63) is 83.7 Å². The van der Waals surface area contributed by atoms with Crippen molar-refractivity contribution in [1.82, 2.24) is 15.0 Å². The van der Waals surface area contributed by atoms with E-state index in [-0.39, 0.29) is 11.7 Å². The molecule has 6 heteroatoms. The summed E-state index contributed by atoms with van der Waals surface area (Å²) in [5.41, 5.74) is 7.54. The first-order valence-corrected chi connectivity index (χ1v) is 8.54. The van der Waals surface area contributed by atoms with Gasteiger partial charge in [-0.05, 0) is 56.3 Å². The van der Waals surface area contributed by atoms with Crippen LogP contribution in [0.1, 0.15) is 27.5 Å². The second-order valence-electron chi connectivity index (χ2n) is 6.22. The summed E-state index contributed by atoms with van der Waals surface area (Å²) in [6.07, 6.45) is 4.88. The van der Waals surface area contributed by atoms with Gasteiger partial charge in [-0.1, -0.05) is 6.07 Å². The van der Waals surface area contributed by atoms with E-state index in [1.54, 1.807) is 24.5 Å². The van der Waals surface area contributed by atoms with Gasteiger partial charge in [0.25, 0.3) is 0 Å². The van der Waals surface area contributed by atoms with E-state index in [1.807, 2.05) is 38.1 Å². The molecule has 0 saturated carbocycles. The Bertz CT molecular complexity index is 1140. The third kappa shape index (κ3) is 3.25. The van der Waals surface area contributed by atoms with Crippen molar-refractivity contribution >= 4 is 23.0 Å². The van der Waals surface area contributed by atoms with E-state index in [1.165, 1.54) is 6.26 Å². The van der Waals surface area contributed by atoms with Crippen LogP contribution in [0.2, 0.25) is 0 Å². The Labute approximate surface area is 156 Å². The Morgan fingerprint density at radius 1 is 1.19 bits per heavy atom. The highest BCUT2D eigenvalue weighted by Gasteiger charge is 2.11. The number of benzene rings is 1. The Hall–Kier alpha value is -3.67. The Kier molecular flexibility index (Phi) is 4.30. The van der Waals surface area contributed by atoms with Gasteiger partial charge in [-0.15, -0.1) is 0 Å². The fraction of sp³-hybridized carbons (Fsp3) is 0.0952. The second kappa shape index (κ2) is 6.92. The van der Waals surface area contributed by atoms with Crippen molar-refractivity contribution in [3.63, 3.8) is 0 Å². The van der Waals surface area contributed by atoms with Gasteiger partial charge >= 0.3 is 5.91 Å². The van der Waals surface area contributed by atoms with Crippen molar-refractivity contribution in [2.45, 2.75) is 13.8 Å². The van der Waals surface area contributed by atoms with E-state index >= 15 is 0 Å². The maximum atomic E-state index is 11.9. The predicted octanol–water partition coefficient (Wildman–Crippen LogP) is 4.00. The summed E-state index contributed by atoms with van der Waals surface area (Å²) in [6.45, 7) is 4.06. The van der Waals surface area contributed by atoms with E-state index in [9.17, 15) is 4.79 Å². The minimum atomic E-state index is -0.382. The van der Waals surface area contributed by atoms with Crippen LogP contribution >= 0.6 is 0 Å². The Balaban J connectivity index is 1.61. The first-order chi connectivity index (χ1) is 13.1. The van der Waals surface area contributed by atoms with Crippen LogP contribution in [0.15, 0.2) is 70.5 Å². The lowest BCUT2D eigenvalue weighted by Crippen LogP contribution is -2.16. The van der Waals surface area contributed by atoms with Crippen LogP contribution in [0.3, 0.4) is 0 Å². The van der Waals surface area contributed by atoms with E-state index < -0.39 is 0 Å². The Morgan fingerprint density at radius 3 is 2.89 bits per heavy atom. The average Bonchev–Trinajstić information content (AvgIpc) is 3.30. The number of furan rings is 1. The van der Waals surface area contributed by atoms with Crippen LogP contribution in [0.5, 0.6) is 0 Å². The molecule has 0 atom stereocenters. The smallest absolute Gasteiger partial charge is 0.307 e. The van der Waals surface area contributed by atoms with Crippen LogP contribution in [-0.4, -0.2) is 21.7 Å². The monoisotopic (exact) mass is 358 g/mol. The molecule has 0 bridgehead atoms. The molecule has 0 spiro atoms. The van der Waals surface area contributed by atoms with Gasteiger partial charge in [0.15, 0.2) is 5.76 Å². The lowest BCUT2D eigenvalue weighted by Gasteiger charge is -2.10. The number of nitrogens with one attached hydrogen (secondary N) is 1. The predicted molar refractivity (Wildman–Crippen MR) is 104 cm³/mol. The highest BCUT2D eigenvalue weighted by molar-refractivity contribution is 5.92. The molecule has 1 aromatic carbocycles. The molecule has 1 amide bonds. The van der Waals surface area contributed by atoms with Crippen molar-refractivity contribution < 1.29 is 9.21 Å². The molecule has 3 heterocycles. The van der Waals surface area contributed by atoms with Crippen LogP contribution in [0.4, 0.5) is 0 Å². The van der Waals surface area contributed by atoms with Gasteiger partial charge in [-0.3, -0.25) is 9.78 Å². The third-order valence-electron chi connectivity index (χ3n) is 4.43. The molecular formula is C21H18N4O2. The zero-order valence-corrected chi connectivity index (χ0v) is 15.0. The number of hydrazone groups is 1. The van der Waals surface area contributed by atoms with E-state index in [2.05, 4.69) is 32.2 Å². The molecule has 0 aliphatic carbocycles. The molecule has 1 N–H and O–H groups in total. The quantitative estimate of drug-likeness (QED) is 0.443. The number of aromatic nitrogens is 2. The fourth-order valence-electron chi connectivity index (χ4n) is 3.14. The van der Waals surface area contributed by atoms with Crippen LogP contribution in [0.25, 0.3) is 16.6 Å². The Morgan fingerprint density at radius 2 is 2.07 bits per heavy atom. The van der Waals surface area contributed by atoms with Gasteiger partial charge in [0.1, 0.15) is 0 Å². The van der Waals surface area contributed by atoms with Gasteiger partial charge in [0.2, 0.25) is 0 Å². The number of rotatable bonds is 4. The summed E-state index contributed by atoms with van der Waals surface area (Å²) in [7, 11) is 0. The van der Waals surface area contributed by atoms with Gasteiger partial charge in [0, 0.05) is 34.2 Å². The molecular weight excluding hydrogens is 340 g/mol. The zero-order valence-electron chi connectivity index (χ0n) is 15.0. The number of hydrogen-bond donors (Lipinski definition) is 1. The number of fused-ring (bicyclic) bond motifs is 1. The molecule has 0 aliphatic rings. The average molecular weight is 358 g/mol. The molecule has 0 unspecified atom stereocenters. The van der Waals surface area contributed by atoms with E-state index in [0.29, 0.717) is 0 Å². The minimum absolute atomic E-state index is 0.224. The topological polar surface area (TPSA) is 72.4 Å². The number of pyridine rings is 1. The molecule has 27 heavy (non-hydrogen) atoms. The number of amides is 1. The standard InChI is InChI=1S/C21H18N4O2/c1-14-11-17(13-23-24-21(26)20-6-4-10-27-20)15(2)25(14)18-7-8-19-16(12-18)5-3-9-22-19/h3-13H,1-2H3,(H,24,26)/b23-13-. The summed E-state index contributed by atoms with van der Waals surface area (Å²) in [4.78, 5) is 16.2. The molecule has 0 saturated heterocycles. The minimum Gasteiger partial charge on any atom is -0.459 e. The summed E-state index contributed by atoms with van der Waals surface area (Å²) in [5.74, 6) is -0.158. The maximum absolute atomic E-state index is 11.9. The highest BCUT2D eigenvalue weighted by atomic mass is 16.3. The molecule has 3 aromatic heterocycles. The maximum Gasteiger partial charge on any atom is 0.307 e. The van der Waals surface area contributed by atoms with Crippen LogP contribution in [-0.2, 0) is 0 Å². The third-order valence-corrected chi connectivity index (χ3v) is 4.43. The first kappa shape index (κ1) is 16.8. The molecule has 0 radical (unpaired) electrons. The molecule has 0 aliphatic heterocycles. The van der Waals surface area contributed by atoms with Gasteiger partial charge in [0.05, 0.1) is 18.0 Å². The fourth-order valence-corrected chi connectivity index (χ4v) is 3.14. The van der Waals surface area contributed by atoms with Crippen LogP contribution in [0, 0.1) is 13.8 Å². The first-order valence-electron chi connectivity index (χ1n) is 8.54. The molecule has 6 nitrogen and oxygen atoms in total. The van der Waals surface area contributed by atoms with Gasteiger partial charge in [-0.2, -0.15) is 5.10 Å².